The van der Waals surface area contributed by atoms with Crippen LogP contribution in [0.3, 0.4) is 0 Å². The smallest absolute Gasteiger partial charge is 0.425 e. The van der Waals surface area contributed by atoms with E-state index in [9.17, 15) is 13.2 Å². The fourth-order valence-corrected chi connectivity index (χ4v) is 3.59. The molecule has 1 heterocycles. The summed E-state index contributed by atoms with van der Waals surface area (Å²) in [6.45, 7) is 3.68. The average molecular weight is 382 g/mol. The van der Waals surface area contributed by atoms with Crippen LogP contribution in [-0.4, -0.2) is 0 Å². The summed E-state index contributed by atoms with van der Waals surface area (Å²) in [4.78, 5) is 0. The maximum absolute atomic E-state index is 14.7. The molecule has 0 saturated heterocycles. The van der Waals surface area contributed by atoms with E-state index in [4.69, 9.17) is 4.74 Å². The number of hydrogen-bond donors (Lipinski definition) is 0. The van der Waals surface area contributed by atoms with E-state index in [-0.39, 0.29) is 16.9 Å². The average Bonchev–Trinajstić information content (AvgIpc) is 2.70. The molecular weight excluding hydrogens is 361 g/mol. The Hall–Kier alpha value is -2.75. The lowest BCUT2D eigenvalue weighted by Gasteiger charge is -2.29. The molecule has 0 N–H and O–H groups in total. The van der Waals surface area contributed by atoms with Crippen LogP contribution < -0.4 is 4.74 Å². The Labute approximate surface area is 162 Å². The molecule has 3 aromatic rings. The number of fused-ring (bicyclic) bond motifs is 3. The summed E-state index contributed by atoms with van der Waals surface area (Å²) in [7, 11) is 0. The Bertz CT molecular complexity index is 1020. The quantitative estimate of drug-likeness (QED) is 0.462. The molecule has 0 fully saturated rings. The van der Waals surface area contributed by atoms with Crippen molar-refractivity contribution in [3.63, 3.8) is 0 Å². The van der Waals surface area contributed by atoms with E-state index in [1.54, 1.807) is 24.3 Å². The maximum Gasteiger partial charge on any atom is 0.427 e. The van der Waals surface area contributed by atoms with Crippen molar-refractivity contribution in [2.75, 3.05) is 0 Å². The summed E-state index contributed by atoms with van der Waals surface area (Å²) in [6, 6.07) is 16.0. The van der Waals surface area contributed by atoms with E-state index >= 15 is 0 Å². The minimum atomic E-state index is -3.59. The van der Waals surface area contributed by atoms with Gasteiger partial charge in [-0.15, -0.1) is 0 Å². The number of halogens is 3. The zero-order chi connectivity index (χ0) is 19.9. The first-order valence-corrected chi connectivity index (χ1v) is 9.51. The van der Waals surface area contributed by atoms with Crippen molar-refractivity contribution in [2.24, 2.45) is 0 Å². The van der Waals surface area contributed by atoms with Crippen molar-refractivity contribution < 1.29 is 17.9 Å². The summed E-state index contributed by atoms with van der Waals surface area (Å²) >= 11 is 0. The highest BCUT2D eigenvalue weighted by atomic mass is 19.3. The summed E-state index contributed by atoms with van der Waals surface area (Å²) in [5.74, 6) is -1.12. The fraction of sp³-hybridized carbons (Fsp3) is 0.250. The van der Waals surface area contributed by atoms with Crippen LogP contribution in [0, 0.1) is 12.7 Å². The van der Waals surface area contributed by atoms with Crippen LogP contribution in [0.5, 0.6) is 5.75 Å². The molecule has 0 saturated carbocycles. The number of rotatable bonds is 4. The van der Waals surface area contributed by atoms with E-state index in [1.165, 1.54) is 18.6 Å². The predicted octanol–water partition coefficient (Wildman–Crippen LogP) is 7.25. The normalized spacial score (nSPS) is 14.2. The second kappa shape index (κ2) is 7.01. The standard InChI is InChI=1S/C24H21F3O/c1-3-4-5-16-7-9-17(10-8-16)18-11-13-19-20-12-6-15(2)22(25)23(20)28-24(26,27)21(19)14-18/h6-14H,3-5H2,1-2H3. The number of unbranched alkanes of at least 4 members (excludes halogenated alkanes) is 1. The molecule has 4 rings (SSSR count). The van der Waals surface area contributed by atoms with Gasteiger partial charge in [-0.3, -0.25) is 0 Å². The first-order valence-electron chi connectivity index (χ1n) is 9.51. The van der Waals surface area contributed by atoms with Crippen molar-refractivity contribution >= 4 is 0 Å². The van der Waals surface area contributed by atoms with Gasteiger partial charge in [0, 0.05) is 5.56 Å². The summed E-state index contributed by atoms with van der Waals surface area (Å²) < 4.78 is 48.5. The van der Waals surface area contributed by atoms with Gasteiger partial charge in [-0.05, 0) is 53.6 Å². The molecule has 0 aromatic heterocycles. The Morgan fingerprint density at radius 1 is 0.893 bits per heavy atom. The second-order valence-corrected chi connectivity index (χ2v) is 7.25. The predicted molar refractivity (Wildman–Crippen MR) is 105 cm³/mol. The third kappa shape index (κ3) is 3.17. The number of hydrogen-bond acceptors (Lipinski definition) is 1. The van der Waals surface area contributed by atoms with E-state index in [0.29, 0.717) is 16.7 Å². The molecule has 144 valence electrons. The largest absolute Gasteiger partial charge is 0.427 e. The van der Waals surface area contributed by atoms with E-state index < -0.39 is 11.9 Å². The van der Waals surface area contributed by atoms with Gasteiger partial charge in [0.25, 0.3) is 0 Å². The second-order valence-electron chi connectivity index (χ2n) is 7.25. The number of benzene rings is 3. The van der Waals surface area contributed by atoms with Crippen molar-refractivity contribution in [1.82, 2.24) is 0 Å². The number of ether oxygens (including phenoxy) is 1. The van der Waals surface area contributed by atoms with Crippen molar-refractivity contribution in [3.05, 3.63) is 77.1 Å². The molecule has 0 radical (unpaired) electrons. The van der Waals surface area contributed by atoms with E-state index in [2.05, 4.69) is 6.92 Å². The molecule has 0 aliphatic carbocycles. The molecule has 0 amide bonds. The Morgan fingerprint density at radius 2 is 1.57 bits per heavy atom. The van der Waals surface area contributed by atoms with Crippen LogP contribution in [-0.2, 0) is 12.5 Å². The lowest BCUT2D eigenvalue weighted by atomic mass is 9.91. The van der Waals surface area contributed by atoms with Crippen LogP contribution in [0.1, 0.15) is 36.5 Å². The maximum atomic E-state index is 14.7. The Kier molecular flexibility index (Phi) is 4.66. The third-order valence-electron chi connectivity index (χ3n) is 5.25. The molecule has 0 unspecified atom stereocenters. The van der Waals surface area contributed by atoms with Crippen molar-refractivity contribution in [2.45, 2.75) is 39.2 Å². The van der Waals surface area contributed by atoms with Gasteiger partial charge < -0.3 is 4.74 Å². The molecule has 4 heteroatoms. The van der Waals surface area contributed by atoms with Crippen molar-refractivity contribution in [3.8, 4) is 28.0 Å². The molecule has 3 aromatic carbocycles. The number of alkyl halides is 2. The van der Waals surface area contributed by atoms with Crippen LogP contribution in [0.25, 0.3) is 22.3 Å². The topological polar surface area (TPSA) is 9.23 Å². The van der Waals surface area contributed by atoms with Gasteiger partial charge in [-0.25, -0.2) is 4.39 Å². The van der Waals surface area contributed by atoms with Crippen LogP contribution in [0.2, 0.25) is 0 Å². The minimum absolute atomic E-state index is 0.240. The van der Waals surface area contributed by atoms with Crippen LogP contribution >= 0.6 is 0 Å². The molecule has 0 atom stereocenters. The molecular formula is C24H21F3O. The SMILES string of the molecule is CCCCc1ccc(-c2ccc3c(c2)C(F)(F)Oc2c-3ccc(C)c2F)cc1. The fourth-order valence-electron chi connectivity index (χ4n) is 3.59. The molecule has 1 nitrogen and oxygen atoms in total. The lowest BCUT2D eigenvalue weighted by molar-refractivity contribution is -0.188. The Morgan fingerprint density at radius 3 is 2.29 bits per heavy atom. The lowest BCUT2D eigenvalue weighted by Crippen LogP contribution is -2.27. The monoisotopic (exact) mass is 382 g/mol. The first kappa shape index (κ1) is 18.6. The van der Waals surface area contributed by atoms with E-state index in [1.807, 2.05) is 24.3 Å². The van der Waals surface area contributed by atoms with Gasteiger partial charge in [0.05, 0.1) is 5.56 Å². The first-order chi connectivity index (χ1) is 13.4. The van der Waals surface area contributed by atoms with E-state index in [0.717, 1.165) is 24.8 Å². The zero-order valence-corrected chi connectivity index (χ0v) is 15.9. The van der Waals surface area contributed by atoms with Gasteiger partial charge in [-0.1, -0.05) is 61.9 Å². The highest BCUT2D eigenvalue weighted by Gasteiger charge is 2.43. The summed E-state index contributed by atoms with van der Waals surface area (Å²) in [5.41, 5.74) is 3.46. The Balaban J connectivity index is 1.76. The molecule has 1 aliphatic heterocycles. The third-order valence-corrected chi connectivity index (χ3v) is 5.25. The summed E-state index contributed by atoms with van der Waals surface area (Å²) in [5, 5.41) is 0. The summed E-state index contributed by atoms with van der Waals surface area (Å²) in [6.07, 6.45) is -0.330. The van der Waals surface area contributed by atoms with Gasteiger partial charge in [0.1, 0.15) is 0 Å². The molecule has 0 bridgehead atoms. The minimum Gasteiger partial charge on any atom is -0.425 e. The zero-order valence-electron chi connectivity index (χ0n) is 15.9. The molecule has 0 spiro atoms. The van der Waals surface area contributed by atoms with Gasteiger partial charge in [0.2, 0.25) is 0 Å². The van der Waals surface area contributed by atoms with Gasteiger partial charge in [0.15, 0.2) is 11.6 Å². The van der Waals surface area contributed by atoms with Crippen LogP contribution in [0.15, 0.2) is 54.6 Å². The highest BCUT2D eigenvalue weighted by molar-refractivity contribution is 5.80. The van der Waals surface area contributed by atoms with Crippen LogP contribution in [0.4, 0.5) is 13.2 Å². The number of aryl methyl sites for hydroxylation is 2. The van der Waals surface area contributed by atoms with Crippen molar-refractivity contribution in [1.29, 1.82) is 0 Å². The van der Waals surface area contributed by atoms with Gasteiger partial charge >= 0.3 is 6.11 Å². The molecule has 1 aliphatic rings. The molecule has 28 heavy (non-hydrogen) atoms. The highest BCUT2D eigenvalue weighted by Crippen LogP contribution is 2.49. The van der Waals surface area contributed by atoms with Gasteiger partial charge in [-0.2, -0.15) is 8.78 Å².